The molecule has 0 bridgehead atoms. The van der Waals surface area contributed by atoms with E-state index in [0.717, 1.165) is 0 Å². The molecule has 0 amide bonds. The summed E-state index contributed by atoms with van der Waals surface area (Å²) in [4.78, 5) is 9.77. The summed E-state index contributed by atoms with van der Waals surface area (Å²) < 4.78 is 5.04. The zero-order valence-corrected chi connectivity index (χ0v) is 11.6. The molecule has 0 radical (unpaired) electrons. The standard InChI is InChI=1S/C13H17N3OS/c1-9(2)12(11-5-4-6-18-11)16-13-14-7-10(17-3)8-15-13/h4-9,12H,1-3H3,(H,14,15,16). The number of nitrogens with one attached hydrogen (secondary N) is 1. The lowest BCUT2D eigenvalue weighted by atomic mass is 10.0. The molecule has 0 aliphatic heterocycles. The second kappa shape index (κ2) is 5.82. The van der Waals surface area contributed by atoms with Crippen LogP contribution in [0.1, 0.15) is 24.8 Å². The molecule has 1 N–H and O–H groups in total. The van der Waals surface area contributed by atoms with Crippen molar-refractivity contribution in [3.63, 3.8) is 0 Å². The van der Waals surface area contributed by atoms with Gasteiger partial charge in [-0.3, -0.25) is 0 Å². The van der Waals surface area contributed by atoms with Gasteiger partial charge in [-0.05, 0) is 17.4 Å². The van der Waals surface area contributed by atoms with Crippen molar-refractivity contribution in [3.8, 4) is 5.75 Å². The van der Waals surface area contributed by atoms with Gasteiger partial charge in [0.2, 0.25) is 5.95 Å². The lowest BCUT2D eigenvalue weighted by molar-refractivity contribution is 0.410. The maximum absolute atomic E-state index is 5.04. The Hall–Kier alpha value is -1.62. The van der Waals surface area contributed by atoms with Crippen molar-refractivity contribution in [3.05, 3.63) is 34.8 Å². The molecule has 96 valence electrons. The third-order valence-electron chi connectivity index (χ3n) is 2.66. The topological polar surface area (TPSA) is 47.0 Å². The monoisotopic (exact) mass is 263 g/mol. The Morgan fingerprint density at radius 3 is 2.50 bits per heavy atom. The van der Waals surface area contributed by atoms with Crippen molar-refractivity contribution < 1.29 is 4.74 Å². The first-order valence-corrected chi connectivity index (χ1v) is 6.74. The summed E-state index contributed by atoms with van der Waals surface area (Å²) >= 11 is 1.74. The number of methoxy groups -OCH3 is 1. The molecular weight excluding hydrogens is 246 g/mol. The molecule has 2 aromatic heterocycles. The first-order chi connectivity index (χ1) is 8.70. The number of thiophene rings is 1. The Balaban J connectivity index is 2.13. The molecule has 1 unspecified atom stereocenters. The fourth-order valence-electron chi connectivity index (χ4n) is 1.67. The highest BCUT2D eigenvalue weighted by molar-refractivity contribution is 7.10. The van der Waals surface area contributed by atoms with E-state index >= 15 is 0 Å². The first-order valence-electron chi connectivity index (χ1n) is 5.86. The van der Waals surface area contributed by atoms with E-state index in [4.69, 9.17) is 4.74 Å². The van der Waals surface area contributed by atoms with Gasteiger partial charge in [-0.15, -0.1) is 11.3 Å². The molecule has 0 fully saturated rings. The van der Waals surface area contributed by atoms with Crippen molar-refractivity contribution in [1.82, 2.24) is 9.97 Å². The number of aromatic nitrogens is 2. The third-order valence-corrected chi connectivity index (χ3v) is 3.62. The van der Waals surface area contributed by atoms with Crippen LogP contribution in [0.3, 0.4) is 0 Å². The van der Waals surface area contributed by atoms with Crippen LogP contribution in [0.5, 0.6) is 5.75 Å². The summed E-state index contributed by atoms with van der Waals surface area (Å²) in [5, 5.41) is 5.45. The van der Waals surface area contributed by atoms with Gasteiger partial charge in [0.1, 0.15) is 0 Å². The molecule has 0 aromatic carbocycles. The number of hydrogen-bond acceptors (Lipinski definition) is 5. The van der Waals surface area contributed by atoms with Crippen LogP contribution < -0.4 is 10.1 Å². The average molecular weight is 263 g/mol. The maximum Gasteiger partial charge on any atom is 0.223 e. The molecular formula is C13H17N3OS. The van der Waals surface area contributed by atoms with Crippen LogP contribution in [0, 0.1) is 5.92 Å². The summed E-state index contributed by atoms with van der Waals surface area (Å²) in [6.07, 6.45) is 3.34. The molecule has 2 aromatic rings. The molecule has 5 heteroatoms. The van der Waals surface area contributed by atoms with Gasteiger partial charge in [0.15, 0.2) is 5.75 Å². The highest BCUT2D eigenvalue weighted by Crippen LogP contribution is 2.28. The van der Waals surface area contributed by atoms with Crippen molar-refractivity contribution >= 4 is 17.3 Å². The van der Waals surface area contributed by atoms with Gasteiger partial charge in [0.25, 0.3) is 0 Å². The largest absolute Gasteiger partial charge is 0.494 e. The van der Waals surface area contributed by atoms with E-state index in [1.54, 1.807) is 30.8 Å². The number of ether oxygens (including phenoxy) is 1. The van der Waals surface area contributed by atoms with Crippen molar-refractivity contribution in [2.45, 2.75) is 19.9 Å². The molecule has 1 atom stereocenters. The van der Waals surface area contributed by atoms with Crippen LogP contribution in [0.2, 0.25) is 0 Å². The number of nitrogens with zero attached hydrogens (tertiary/aromatic N) is 2. The quantitative estimate of drug-likeness (QED) is 0.898. The van der Waals surface area contributed by atoms with E-state index < -0.39 is 0 Å². The zero-order chi connectivity index (χ0) is 13.0. The molecule has 0 saturated heterocycles. The van der Waals surface area contributed by atoms with Crippen LogP contribution in [0.15, 0.2) is 29.9 Å². The van der Waals surface area contributed by atoms with Gasteiger partial charge in [-0.25, -0.2) is 9.97 Å². The summed E-state index contributed by atoms with van der Waals surface area (Å²) in [6, 6.07) is 4.43. The van der Waals surface area contributed by atoms with Gasteiger partial charge < -0.3 is 10.1 Å². The first kappa shape index (κ1) is 12.8. The SMILES string of the molecule is COc1cnc(NC(c2cccs2)C(C)C)nc1. The summed E-state index contributed by atoms with van der Waals surface area (Å²) in [5.41, 5.74) is 0. The van der Waals surface area contributed by atoms with E-state index in [1.807, 2.05) is 0 Å². The molecule has 4 nitrogen and oxygen atoms in total. The van der Waals surface area contributed by atoms with E-state index in [-0.39, 0.29) is 6.04 Å². The summed E-state index contributed by atoms with van der Waals surface area (Å²) in [6.45, 7) is 4.36. The van der Waals surface area contributed by atoms with Crippen molar-refractivity contribution in [2.24, 2.45) is 5.92 Å². The van der Waals surface area contributed by atoms with Crippen molar-refractivity contribution in [2.75, 3.05) is 12.4 Å². The Kier molecular flexibility index (Phi) is 4.15. The van der Waals surface area contributed by atoms with Crippen LogP contribution >= 0.6 is 11.3 Å². The summed E-state index contributed by atoms with van der Waals surface area (Å²) in [7, 11) is 1.61. The predicted octanol–water partition coefficient (Wildman–Crippen LogP) is 3.36. The molecule has 0 spiro atoms. The average Bonchev–Trinajstić information content (AvgIpc) is 2.90. The van der Waals surface area contributed by atoms with Gasteiger partial charge >= 0.3 is 0 Å². The van der Waals surface area contributed by atoms with E-state index in [0.29, 0.717) is 17.6 Å². The van der Waals surface area contributed by atoms with Crippen LogP contribution in [0.25, 0.3) is 0 Å². The minimum Gasteiger partial charge on any atom is -0.494 e. The Morgan fingerprint density at radius 2 is 2.00 bits per heavy atom. The van der Waals surface area contributed by atoms with Gasteiger partial charge in [-0.2, -0.15) is 0 Å². The highest BCUT2D eigenvalue weighted by Gasteiger charge is 2.17. The minimum absolute atomic E-state index is 0.235. The second-order valence-electron chi connectivity index (χ2n) is 4.33. The highest BCUT2D eigenvalue weighted by atomic mass is 32.1. The third kappa shape index (κ3) is 2.98. The molecule has 0 saturated carbocycles. The van der Waals surface area contributed by atoms with Crippen LogP contribution in [-0.4, -0.2) is 17.1 Å². The smallest absolute Gasteiger partial charge is 0.223 e. The zero-order valence-electron chi connectivity index (χ0n) is 10.8. The fraction of sp³-hybridized carbons (Fsp3) is 0.385. The molecule has 0 aliphatic carbocycles. The van der Waals surface area contributed by atoms with Gasteiger partial charge in [0, 0.05) is 4.88 Å². The second-order valence-corrected chi connectivity index (χ2v) is 5.31. The summed E-state index contributed by atoms with van der Waals surface area (Å²) in [5.74, 6) is 1.76. The maximum atomic E-state index is 5.04. The fourth-order valence-corrected chi connectivity index (χ4v) is 2.62. The lowest BCUT2D eigenvalue weighted by Crippen LogP contribution is -2.17. The molecule has 18 heavy (non-hydrogen) atoms. The van der Waals surface area contributed by atoms with E-state index in [9.17, 15) is 0 Å². The van der Waals surface area contributed by atoms with Gasteiger partial charge in [-0.1, -0.05) is 19.9 Å². The molecule has 2 rings (SSSR count). The van der Waals surface area contributed by atoms with Gasteiger partial charge in [0.05, 0.1) is 25.5 Å². The van der Waals surface area contributed by atoms with E-state index in [1.165, 1.54) is 4.88 Å². The number of anilines is 1. The normalized spacial score (nSPS) is 12.4. The molecule has 0 aliphatic rings. The van der Waals surface area contributed by atoms with Crippen molar-refractivity contribution in [1.29, 1.82) is 0 Å². The Bertz CT molecular complexity index is 467. The Labute approximate surface area is 111 Å². The molecule has 2 heterocycles. The number of rotatable bonds is 5. The van der Waals surface area contributed by atoms with Crippen LogP contribution in [-0.2, 0) is 0 Å². The minimum atomic E-state index is 0.235. The predicted molar refractivity (Wildman–Crippen MR) is 74.1 cm³/mol. The lowest BCUT2D eigenvalue weighted by Gasteiger charge is -2.21. The number of hydrogen-bond donors (Lipinski definition) is 1. The van der Waals surface area contributed by atoms with E-state index in [2.05, 4.69) is 46.6 Å². The Morgan fingerprint density at radius 1 is 1.28 bits per heavy atom. The van der Waals surface area contributed by atoms with Crippen LogP contribution in [0.4, 0.5) is 5.95 Å².